The normalized spacial score (nSPS) is 17.2. The Hall–Kier alpha value is -1.30. The monoisotopic (exact) mass is 229 g/mol. The molecule has 0 saturated carbocycles. The Morgan fingerprint density at radius 1 is 1.38 bits per heavy atom. The van der Waals surface area contributed by atoms with E-state index in [1.54, 1.807) is 0 Å². The second kappa shape index (κ2) is 6.32. The molecule has 0 radical (unpaired) electrons. The Morgan fingerprint density at radius 3 is 2.50 bits per heavy atom. The number of carbonyl (C=O) groups excluding carboxylic acids is 1. The zero-order chi connectivity index (χ0) is 12.0. The van der Waals surface area contributed by atoms with Crippen LogP contribution in [0.25, 0.3) is 0 Å². The van der Waals surface area contributed by atoms with Crippen LogP contribution in [-0.2, 0) is 4.79 Å². The number of piperidine rings is 1. The largest absolute Gasteiger partial charge is 0.465 e. The van der Waals surface area contributed by atoms with Crippen molar-refractivity contribution in [2.45, 2.75) is 19.3 Å². The molecule has 1 aliphatic rings. The number of nitrogens with two attached hydrogens (primary N) is 1. The quantitative estimate of drug-likeness (QED) is 0.624. The Balaban J connectivity index is 2.13. The van der Waals surface area contributed by atoms with E-state index in [1.807, 2.05) is 0 Å². The number of hydrogen-bond donors (Lipinski definition) is 3. The lowest BCUT2D eigenvalue weighted by Crippen LogP contribution is -2.38. The maximum Gasteiger partial charge on any atom is 0.407 e. The molecule has 1 rings (SSSR count). The van der Waals surface area contributed by atoms with Crippen molar-refractivity contribution in [1.82, 2.24) is 10.2 Å². The van der Waals surface area contributed by atoms with Crippen LogP contribution in [0.4, 0.5) is 4.79 Å². The van der Waals surface area contributed by atoms with Crippen LogP contribution in [0.2, 0.25) is 0 Å². The molecular formula is C10H19N3O3. The number of carboxylic acid groups (broad SMARTS) is 1. The Bertz CT molecular complexity index is 250. The average molecular weight is 229 g/mol. The first-order valence-electron chi connectivity index (χ1n) is 5.58. The fourth-order valence-corrected chi connectivity index (χ4v) is 1.90. The van der Waals surface area contributed by atoms with Crippen LogP contribution in [0.3, 0.4) is 0 Å². The molecule has 1 saturated heterocycles. The van der Waals surface area contributed by atoms with Gasteiger partial charge >= 0.3 is 6.09 Å². The summed E-state index contributed by atoms with van der Waals surface area (Å²) in [5.74, 6) is 0.372. The number of amides is 2. The Labute approximate surface area is 94.8 Å². The van der Waals surface area contributed by atoms with Gasteiger partial charge in [-0.1, -0.05) is 0 Å². The lowest BCUT2D eigenvalue weighted by molar-refractivity contribution is -0.119. The molecule has 1 heterocycles. The number of rotatable bonds is 4. The first kappa shape index (κ1) is 12.8. The van der Waals surface area contributed by atoms with Gasteiger partial charge in [-0.05, 0) is 25.2 Å². The van der Waals surface area contributed by atoms with Crippen molar-refractivity contribution >= 4 is 12.0 Å². The number of carbonyl (C=O) groups is 2. The van der Waals surface area contributed by atoms with Crippen molar-refractivity contribution in [3.8, 4) is 0 Å². The topological polar surface area (TPSA) is 95.7 Å². The van der Waals surface area contributed by atoms with E-state index >= 15 is 0 Å². The predicted molar refractivity (Wildman–Crippen MR) is 59.0 cm³/mol. The summed E-state index contributed by atoms with van der Waals surface area (Å²) in [6.45, 7) is 1.86. The van der Waals surface area contributed by atoms with E-state index in [-0.39, 0.29) is 12.5 Å². The summed E-state index contributed by atoms with van der Waals surface area (Å²) in [6.07, 6.45) is 1.82. The molecule has 0 aliphatic carbocycles. The van der Waals surface area contributed by atoms with Gasteiger partial charge in [-0.2, -0.15) is 0 Å². The molecule has 1 aliphatic heterocycles. The summed E-state index contributed by atoms with van der Waals surface area (Å²) in [5.41, 5.74) is 5.16. The highest BCUT2D eigenvalue weighted by Gasteiger charge is 2.21. The van der Waals surface area contributed by atoms with Gasteiger partial charge < -0.3 is 21.1 Å². The van der Waals surface area contributed by atoms with Crippen LogP contribution in [0.5, 0.6) is 0 Å². The van der Waals surface area contributed by atoms with Crippen molar-refractivity contribution in [1.29, 1.82) is 0 Å². The third kappa shape index (κ3) is 4.06. The number of likely N-dealkylation sites (tertiary alicyclic amines) is 1. The van der Waals surface area contributed by atoms with Gasteiger partial charge in [0.25, 0.3) is 0 Å². The predicted octanol–water partition coefficient (Wildman–Crippen LogP) is -0.159. The van der Waals surface area contributed by atoms with Gasteiger partial charge in [-0.15, -0.1) is 0 Å². The first-order valence-corrected chi connectivity index (χ1v) is 5.58. The second-order valence-corrected chi connectivity index (χ2v) is 4.06. The van der Waals surface area contributed by atoms with Gasteiger partial charge in [0.15, 0.2) is 0 Å². The van der Waals surface area contributed by atoms with Crippen LogP contribution in [0, 0.1) is 5.92 Å². The number of nitrogens with one attached hydrogen (secondary N) is 1. The molecule has 16 heavy (non-hydrogen) atoms. The molecule has 0 bridgehead atoms. The maximum atomic E-state index is 10.9. The van der Waals surface area contributed by atoms with E-state index in [4.69, 9.17) is 10.8 Å². The van der Waals surface area contributed by atoms with Gasteiger partial charge in [-0.3, -0.25) is 4.79 Å². The molecule has 0 aromatic heterocycles. The SMILES string of the molecule is NCC(=O)NCCC1CCN(C(=O)O)CC1. The van der Waals surface area contributed by atoms with Crippen LogP contribution in [0.1, 0.15) is 19.3 Å². The average Bonchev–Trinajstić information content (AvgIpc) is 2.29. The molecular weight excluding hydrogens is 210 g/mol. The van der Waals surface area contributed by atoms with Gasteiger partial charge in [0.2, 0.25) is 5.91 Å². The van der Waals surface area contributed by atoms with E-state index < -0.39 is 6.09 Å². The Morgan fingerprint density at radius 2 is 2.00 bits per heavy atom. The van der Waals surface area contributed by atoms with Crippen LogP contribution in [-0.4, -0.2) is 48.2 Å². The standard InChI is InChI=1S/C10H19N3O3/c11-7-9(14)12-4-1-8-2-5-13(6-3-8)10(15)16/h8H,1-7,11H2,(H,12,14)(H,15,16). The van der Waals surface area contributed by atoms with Crippen LogP contribution >= 0.6 is 0 Å². The molecule has 2 amide bonds. The molecule has 6 heteroatoms. The van der Waals surface area contributed by atoms with Crippen molar-refractivity contribution in [2.75, 3.05) is 26.2 Å². The maximum absolute atomic E-state index is 10.9. The van der Waals surface area contributed by atoms with Gasteiger partial charge in [-0.25, -0.2) is 4.79 Å². The fourth-order valence-electron chi connectivity index (χ4n) is 1.90. The summed E-state index contributed by atoms with van der Waals surface area (Å²) in [5, 5.41) is 11.5. The van der Waals surface area contributed by atoms with Gasteiger partial charge in [0, 0.05) is 19.6 Å². The molecule has 1 fully saturated rings. The summed E-state index contributed by atoms with van der Waals surface area (Å²) < 4.78 is 0. The van der Waals surface area contributed by atoms with E-state index in [1.165, 1.54) is 4.90 Å². The zero-order valence-corrected chi connectivity index (χ0v) is 9.32. The molecule has 0 atom stereocenters. The van der Waals surface area contributed by atoms with E-state index in [2.05, 4.69) is 5.32 Å². The lowest BCUT2D eigenvalue weighted by Gasteiger charge is -2.29. The highest BCUT2D eigenvalue weighted by atomic mass is 16.4. The zero-order valence-electron chi connectivity index (χ0n) is 9.32. The fraction of sp³-hybridized carbons (Fsp3) is 0.800. The van der Waals surface area contributed by atoms with Gasteiger partial charge in [0.05, 0.1) is 6.54 Å². The molecule has 0 aromatic rings. The molecule has 6 nitrogen and oxygen atoms in total. The summed E-state index contributed by atoms with van der Waals surface area (Å²) in [7, 11) is 0. The van der Waals surface area contributed by atoms with Crippen molar-refractivity contribution in [3.63, 3.8) is 0 Å². The number of hydrogen-bond acceptors (Lipinski definition) is 3. The second-order valence-electron chi connectivity index (χ2n) is 4.06. The minimum atomic E-state index is -0.838. The lowest BCUT2D eigenvalue weighted by atomic mass is 9.94. The number of nitrogens with zero attached hydrogens (tertiary/aromatic N) is 1. The molecule has 4 N–H and O–H groups in total. The Kier molecular flexibility index (Phi) is 5.04. The van der Waals surface area contributed by atoms with Crippen molar-refractivity contribution in [3.05, 3.63) is 0 Å². The van der Waals surface area contributed by atoms with Crippen LogP contribution < -0.4 is 11.1 Å². The van der Waals surface area contributed by atoms with Gasteiger partial charge in [0.1, 0.15) is 0 Å². The smallest absolute Gasteiger partial charge is 0.407 e. The molecule has 92 valence electrons. The minimum absolute atomic E-state index is 0.0253. The van der Waals surface area contributed by atoms with Crippen molar-refractivity contribution in [2.24, 2.45) is 11.7 Å². The highest BCUT2D eigenvalue weighted by molar-refractivity contribution is 5.77. The molecule has 0 spiro atoms. The molecule has 0 unspecified atom stereocenters. The highest BCUT2D eigenvalue weighted by Crippen LogP contribution is 2.19. The van der Waals surface area contributed by atoms with E-state index in [0.29, 0.717) is 25.6 Å². The van der Waals surface area contributed by atoms with E-state index in [0.717, 1.165) is 19.3 Å². The van der Waals surface area contributed by atoms with E-state index in [9.17, 15) is 9.59 Å². The third-order valence-electron chi connectivity index (χ3n) is 2.95. The summed E-state index contributed by atoms with van der Waals surface area (Å²) in [6, 6.07) is 0. The molecule has 0 aromatic carbocycles. The third-order valence-corrected chi connectivity index (χ3v) is 2.95. The van der Waals surface area contributed by atoms with Crippen LogP contribution in [0.15, 0.2) is 0 Å². The minimum Gasteiger partial charge on any atom is -0.465 e. The summed E-state index contributed by atoms with van der Waals surface area (Å²) in [4.78, 5) is 23.0. The van der Waals surface area contributed by atoms with Crippen molar-refractivity contribution < 1.29 is 14.7 Å². The summed E-state index contributed by atoms with van der Waals surface area (Å²) >= 11 is 0. The first-order chi connectivity index (χ1) is 7.63.